The van der Waals surface area contributed by atoms with Crippen LogP contribution < -0.4 is 5.32 Å². The quantitative estimate of drug-likeness (QED) is 0.448. The smallest absolute Gasteiger partial charge is 0.241 e. The van der Waals surface area contributed by atoms with E-state index in [9.17, 15) is 9.59 Å². The third-order valence-corrected chi connectivity index (χ3v) is 6.37. The van der Waals surface area contributed by atoms with Crippen LogP contribution in [0.3, 0.4) is 0 Å². The summed E-state index contributed by atoms with van der Waals surface area (Å²) in [6.45, 7) is 4.12. The summed E-state index contributed by atoms with van der Waals surface area (Å²) in [5.74, 6) is -0.351. The Hall–Kier alpha value is -2.84. The second-order valence-corrected chi connectivity index (χ2v) is 8.75. The van der Waals surface area contributed by atoms with Crippen molar-refractivity contribution in [3.8, 4) is 0 Å². The lowest BCUT2D eigenvalue weighted by Gasteiger charge is -2.35. The molecule has 3 aliphatic rings. The Morgan fingerprint density at radius 1 is 1.12 bits per heavy atom. The van der Waals surface area contributed by atoms with E-state index in [4.69, 9.17) is 17.0 Å². The molecule has 1 aliphatic carbocycles. The summed E-state index contributed by atoms with van der Waals surface area (Å²) in [5, 5.41) is 3.28. The van der Waals surface area contributed by atoms with E-state index < -0.39 is 0 Å². The minimum atomic E-state index is -0.386. The van der Waals surface area contributed by atoms with Crippen LogP contribution in [0.4, 0.5) is 0 Å². The van der Waals surface area contributed by atoms with Crippen molar-refractivity contribution in [2.45, 2.75) is 32.2 Å². The molecular weight excluding hydrogens is 436 g/mol. The number of allylic oxidation sites excluding steroid dienone is 2. The zero-order valence-corrected chi connectivity index (χ0v) is 19.6. The molecule has 1 atom stereocenters. The van der Waals surface area contributed by atoms with Crippen molar-refractivity contribution >= 4 is 34.9 Å². The van der Waals surface area contributed by atoms with Crippen molar-refractivity contribution in [1.82, 2.24) is 15.1 Å². The van der Waals surface area contributed by atoms with Gasteiger partial charge in [-0.15, -0.1) is 0 Å². The monoisotopic (exact) mass is 466 g/mol. The Balaban J connectivity index is 1.22. The Kier molecular flexibility index (Phi) is 8.01. The van der Waals surface area contributed by atoms with Crippen molar-refractivity contribution in [3.63, 3.8) is 0 Å². The number of carbonyl (C=O) groups is 2. The van der Waals surface area contributed by atoms with Crippen LogP contribution in [0.2, 0.25) is 0 Å². The Morgan fingerprint density at radius 2 is 1.91 bits per heavy atom. The highest BCUT2D eigenvalue weighted by molar-refractivity contribution is 7.80. The van der Waals surface area contributed by atoms with Crippen LogP contribution in [0.1, 0.15) is 31.2 Å². The maximum atomic E-state index is 13.2. The molecule has 33 heavy (non-hydrogen) atoms. The van der Waals surface area contributed by atoms with Gasteiger partial charge in [-0.25, -0.2) is 4.99 Å². The van der Waals surface area contributed by atoms with Gasteiger partial charge in [0.05, 0.1) is 18.9 Å². The van der Waals surface area contributed by atoms with Crippen LogP contribution in [0.15, 0.2) is 59.2 Å². The molecule has 1 N–H and O–H groups in total. The van der Waals surface area contributed by atoms with E-state index in [-0.39, 0.29) is 17.7 Å². The van der Waals surface area contributed by atoms with E-state index in [2.05, 4.69) is 15.2 Å². The molecule has 1 aromatic rings. The first-order chi connectivity index (χ1) is 16.1. The first-order valence-corrected chi connectivity index (χ1v) is 12.0. The van der Waals surface area contributed by atoms with Crippen LogP contribution >= 0.6 is 12.2 Å². The van der Waals surface area contributed by atoms with Crippen LogP contribution in [-0.4, -0.2) is 65.3 Å². The molecule has 7 nitrogen and oxygen atoms in total. The summed E-state index contributed by atoms with van der Waals surface area (Å²) < 4.78 is 5.43. The number of nitrogens with zero attached hydrogens (tertiary/aromatic N) is 3. The fraction of sp³-hybridized carbons (Fsp3) is 0.440. The predicted octanol–water partition coefficient (Wildman–Crippen LogP) is 2.83. The minimum Gasteiger partial charge on any atom is -0.378 e. The standard InChI is InChI=1S/C25H30N4O3S/c30-23(26-18-19-7-3-1-4-8-19)9-5-2-6-12-29-24(31)21-17-20(28-13-15-32-16-14-28)10-11-22(21)27-25(29)33/h1,3-4,7-8,10-11,17,21H,2,5-6,9,12-16,18H2,(H,26,30). The van der Waals surface area contributed by atoms with E-state index in [1.54, 1.807) is 4.90 Å². The number of amides is 2. The van der Waals surface area contributed by atoms with Crippen LogP contribution in [-0.2, 0) is 20.9 Å². The molecule has 2 amide bonds. The second-order valence-electron chi connectivity index (χ2n) is 8.38. The van der Waals surface area contributed by atoms with Gasteiger partial charge in [0.15, 0.2) is 0 Å². The highest BCUT2D eigenvalue weighted by Gasteiger charge is 2.35. The fourth-order valence-corrected chi connectivity index (χ4v) is 4.47. The van der Waals surface area contributed by atoms with Gasteiger partial charge < -0.3 is 15.0 Å². The number of rotatable bonds is 9. The molecule has 8 heteroatoms. The van der Waals surface area contributed by atoms with E-state index in [0.717, 1.165) is 43.6 Å². The summed E-state index contributed by atoms with van der Waals surface area (Å²) in [4.78, 5) is 33.6. The van der Waals surface area contributed by atoms with E-state index in [1.165, 1.54) is 0 Å². The van der Waals surface area contributed by atoms with Gasteiger partial charge in [0.1, 0.15) is 5.92 Å². The molecular formula is C25H30N4O3S. The largest absolute Gasteiger partial charge is 0.378 e. The molecule has 0 aromatic heterocycles. The maximum Gasteiger partial charge on any atom is 0.241 e. The number of benzene rings is 1. The number of carbonyl (C=O) groups excluding carboxylic acids is 2. The third-order valence-electron chi connectivity index (χ3n) is 6.06. The summed E-state index contributed by atoms with van der Waals surface area (Å²) in [7, 11) is 0. The predicted molar refractivity (Wildman–Crippen MR) is 132 cm³/mol. The zero-order chi connectivity index (χ0) is 23.0. The topological polar surface area (TPSA) is 74.2 Å². The van der Waals surface area contributed by atoms with Crippen LogP contribution in [0.25, 0.3) is 0 Å². The van der Waals surface area contributed by atoms with Gasteiger partial charge in [-0.2, -0.15) is 0 Å². The Labute approximate surface area is 200 Å². The number of thiocarbonyl (C=S) groups is 1. The van der Waals surface area contributed by atoms with Crippen molar-refractivity contribution in [2.75, 3.05) is 32.8 Å². The first kappa shape index (κ1) is 23.3. The molecule has 1 saturated heterocycles. The van der Waals surface area contributed by atoms with Crippen LogP contribution in [0.5, 0.6) is 0 Å². The van der Waals surface area contributed by atoms with Gasteiger partial charge in [0, 0.05) is 38.3 Å². The van der Waals surface area contributed by atoms with Crippen molar-refractivity contribution in [2.24, 2.45) is 10.9 Å². The Morgan fingerprint density at radius 3 is 2.70 bits per heavy atom. The summed E-state index contributed by atoms with van der Waals surface area (Å²) in [6, 6.07) is 9.87. The number of unbranched alkanes of at least 4 members (excludes halogenated alkanes) is 2. The lowest BCUT2D eigenvalue weighted by Crippen LogP contribution is -2.47. The number of fused-ring (bicyclic) bond motifs is 1. The minimum absolute atomic E-state index is 0.0132. The lowest BCUT2D eigenvalue weighted by atomic mass is 9.93. The van der Waals surface area contributed by atoms with E-state index in [1.807, 2.05) is 48.6 Å². The highest BCUT2D eigenvalue weighted by atomic mass is 32.1. The van der Waals surface area contributed by atoms with Gasteiger partial charge >= 0.3 is 0 Å². The summed E-state index contributed by atoms with van der Waals surface area (Å²) in [5.41, 5.74) is 2.85. The lowest BCUT2D eigenvalue weighted by molar-refractivity contribution is -0.128. The molecule has 2 heterocycles. The van der Waals surface area contributed by atoms with Gasteiger partial charge in [0.25, 0.3) is 0 Å². The number of ether oxygens (including phenoxy) is 1. The number of aliphatic imine (C=N–C) groups is 1. The van der Waals surface area contributed by atoms with Gasteiger partial charge in [-0.3, -0.25) is 14.5 Å². The molecule has 2 aliphatic heterocycles. The summed E-state index contributed by atoms with van der Waals surface area (Å²) >= 11 is 5.40. The van der Waals surface area contributed by atoms with Crippen LogP contribution in [0, 0.1) is 5.92 Å². The molecule has 0 spiro atoms. The molecule has 4 rings (SSSR count). The zero-order valence-electron chi connectivity index (χ0n) is 18.7. The molecule has 0 bridgehead atoms. The van der Waals surface area contributed by atoms with E-state index >= 15 is 0 Å². The second kappa shape index (κ2) is 11.3. The number of hydrogen-bond donors (Lipinski definition) is 1. The average Bonchev–Trinajstić information content (AvgIpc) is 2.85. The number of nitrogens with one attached hydrogen (secondary N) is 1. The molecule has 1 fully saturated rings. The number of morpholine rings is 1. The average molecular weight is 467 g/mol. The molecule has 1 aromatic carbocycles. The van der Waals surface area contributed by atoms with E-state index in [0.29, 0.717) is 43.5 Å². The molecule has 0 radical (unpaired) electrons. The SMILES string of the molecule is O=C(CCCCCN1C(=O)C2C=C(N3CCOCC3)C=CC2=NC1=S)NCc1ccccc1. The third kappa shape index (κ3) is 6.15. The molecule has 1 unspecified atom stereocenters. The molecule has 174 valence electrons. The Bertz CT molecular complexity index is 967. The number of hydrogen-bond acceptors (Lipinski definition) is 5. The van der Waals surface area contributed by atoms with Crippen molar-refractivity contribution < 1.29 is 14.3 Å². The summed E-state index contributed by atoms with van der Waals surface area (Å²) in [6.07, 6.45) is 8.80. The molecule has 0 saturated carbocycles. The first-order valence-electron chi connectivity index (χ1n) is 11.6. The highest BCUT2D eigenvalue weighted by Crippen LogP contribution is 2.25. The van der Waals surface area contributed by atoms with Gasteiger partial charge in [0.2, 0.25) is 16.9 Å². The van der Waals surface area contributed by atoms with Crippen molar-refractivity contribution in [1.29, 1.82) is 0 Å². The van der Waals surface area contributed by atoms with Gasteiger partial charge in [-0.1, -0.05) is 36.8 Å². The normalized spacial score (nSPS) is 20.3. The van der Waals surface area contributed by atoms with Gasteiger partial charge in [-0.05, 0) is 48.9 Å². The van der Waals surface area contributed by atoms with Crippen molar-refractivity contribution in [3.05, 3.63) is 59.8 Å². The maximum absolute atomic E-state index is 13.2. The fourth-order valence-electron chi connectivity index (χ4n) is 4.18.